The van der Waals surface area contributed by atoms with Gasteiger partial charge >= 0.3 is 0 Å². The monoisotopic (exact) mass is 265 g/mol. The van der Waals surface area contributed by atoms with Gasteiger partial charge in [-0.25, -0.2) is 0 Å². The van der Waals surface area contributed by atoms with Crippen LogP contribution in [0.1, 0.15) is 12.5 Å². The molecule has 1 aliphatic rings. The van der Waals surface area contributed by atoms with Crippen LogP contribution in [0.25, 0.3) is 0 Å². The summed E-state index contributed by atoms with van der Waals surface area (Å²) in [5, 5.41) is 3.25. The van der Waals surface area contributed by atoms with Gasteiger partial charge in [-0.3, -0.25) is 4.79 Å². The van der Waals surface area contributed by atoms with Crippen molar-refractivity contribution in [3.63, 3.8) is 0 Å². The molecule has 0 saturated heterocycles. The van der Waals surface area contributed by atoms with E-state index in [0.717, 1.165) is 24.3 Å². The van der Waals surface area contributed by atoms with Crippen LogP contribution in [0.15, 0.2) is 23.1 Å². The number of benzene rings is 1. The average Bonchev–Trinajstić information content (AvgIpc) is 2.41. The van der Waals surface area contributed by atoms with Gasteiger partial charge in [0.2, 0.25) is 5.91 Å². The van der Waals surface area contributed by atoms with Crippen LogP contribution in [0, 0.1) is 0 Å². The van der Waals surface area contributed by atoms with E-state index in [1.165, 1.54) is 4.90 Å². The maximum absolute atomic E-state index is 12.0. The number of anilines is 1. The highest BCUT2D eigenvalue weighted by Gasteiger charge is 2.24. The summed E-state index contributed by atoms with van der Waals surface area (Å²) in [6.45, 7) is 5.03. The van der Waals surface area contributed by atoms with Crippen LogP contribution in [-0.4, -0.2) is 31.3 Å². The number of nitrogens with one attached hydrogen (secondary N) is 1. The number of amides is 1. The zero-order valence-corrected chi connectivity index (χ0v) is 11.4. The highest BCUT2D eigenvalue weighted by atomic mass is 32.2. The van der Waals surface area contributed by atoms with Crippen LogP contribution in [-0.2, 0) is 11.3 Å². The fourth-order valence-corrected chi connectivity index (χ4v) is 2.90. The van der Waals surface area contributed by atoms with Crippen LogP contribution in [0.4, 0.5) is 5.69 Å². The molecule has 0 aromatic heterocycles. The quantitative estimate of drug-likeness (QED) is 0.785. The molecule has 1 aromatic carbocycles. The van der Waals surface area contributed by atoms with Gasteiger partial charge in [0.15, 0.2) is 0 Å². The van der Waals surface area contributed by atoms with Crippen LogP contribution in [0.2, 0.25) is 0 Å². The van der Waals surface area contributed by atoms with Gasteiger partial charge in [-0.15, -0.1) is 11.8 Å². The highest BCUT2D eigenvalue weighted by molar-refractivity contribution is 8.00. The van der Waals surface area contributed by atoms with Crippen LogP contribution in [0.5, 0.6) is 0 Å². The molecular weight excluding hydrogens is 246 g/mol. The Hall–Kier alpha value is -1.04. The Bertz CT molecular complexity index is 436. The number of fused-ring (bicyclic) bond motifs is 1. The van der Waals surface area contributed by atoms with E-state index in [0.29, 0.717) is 18.8 Å². The predicted molar refractivity (Wildman–Crippen MR) is 76.0 cm³/mol. The third-order valence-corrected chi connectivity index (χ3v) is 4.01. The summed E-state index contributed by atoms with van der Waals surface area (Å²) in [7, 11) is 0. The third-order valence-electron chi connectivity index (χ3n) is 2.96. The molecule has 1 amide bonds. The number of thioether (sulfide) groups is 1. The topological polar surface area (TPSA) is 58.4 Å². The van der Waals surface area contributed by atoms with Gasteiger partial charge in [0.25, 0.3) is 0 Å². The Labute approximate surface area is 112 Å². The van der Waals surface area contributed by atoms with E-state index in [1.54, 1.807) is 11.8 Å². The van der Waals surface area contributed by atoms with Gasteiger partial charge in [0.05, 0.1) is 11.4 Å². The van der Waals surface area contributed by atoms with Crippen LogP contribution >= 0.6 is 11.8 Å². The second kappa shape index (κ2) is 6.22. The Morgan fingerprint density at radius 2 is 2.33 bits per heavy atom. The first kappa shape index (κ1) is 13.4. The summed E-state index contributed by atoms with van der Waals surface area (Å²) < 4.78 is 0. The van der Waals surface area contributed by atoms with E-state index in [1.807, 2.05) is 17.0 Å². The number of nitrogens with zero attached hydrogens (tertiary/aromatic N) is 1. The van der Waals surface area contributed by atoms with E-state index in [9.17, 15) is 4.79 Å². The molecule has 0 radical (unpaired) electrons. The lowest BCUT2D eigenvalue weighted by Gasteiger charge is -2.29. The summed E-state index contributed by atoms with van der Waals surface area (Å²) in [5.74, 6) is 0.709. The summed E-state index contributed by atoms with van der Waals surface area (Å²) in [6, 6.07) is 6.13. The maximum Gasteiger partial charge on any atom is 0.237 e. The minimum absolute atomic E-state index is 0.180. The summed E-state index contributed by atoms with van der Waals surface area (Å²) in [4.78, 5) is 15.0. The molecule has 0 spiro atoms. The van der Waals surface area contributed by atoms with Gasteiger partial charge in [0, 0.05) is 24.5 Å². The molecule has 1 aliphatic heterocycles. The maximum atomic E-state index is 12.0. The minimum Gasteiger partial charge on any atom is -0.326 e. The molecule has 98 valence electrons. The smallest absolute Gasteiger partial charge is 0.237 e. The van der Waals surface area contributed by atoms with Gasteiger partial charge in [-0.2, -0.15) is 0 Å². The summed E-state index contributed by atoms with van der Waals surface area (Å²) in [5.41, 5.74) is 7.74. The predicted octanol–water partition coefficient (Wildman–Crippen LogP) is 1.19. The van der Waals surface area contributed by atoms with Crippen molar-refractivity contribution >= 4 is 23.4 Å². The molecule has 0 aliphatic carbocycles. The number of nitrogens with two attached hydrogens (primary N) is 1. The first-order valence-corrected chi connectivity index (χ1v) is 7.21. The van der Waals surface area contributed by atoms with Crippen molar-refractivity contribution in [3.8, 4) is 0 Å². The summed E-state index contributed by atoms with van der Waals surface area (Å²) in [6.07, 6.45) is 0. The number of rotatable bonds is 5. The molecular formula is C13H19N3OS. The van der Waals surface area contributed by atoms with Gasteiger partial charge in [-0.1, -0.05) is 13.0 Å². The van der Waals surface area contributed by atoms with Crippen molar-refractivity contribution in [2.24, 2.45) is 5.73 Å². The molecule has 2 rings (SSSR count). The first-order chi connectivity index (χ1) is 8.76. The Morgan fingerprint density at radius 1 is 1.50 bits per heavy atom. The molecule has 1 heterocycles. The van der Waals surface area contributed by atoms with Crippen LogP contribution in [0.3, 0.4) is 0 Å². The van der Waals surface area contributed by atoms with Crippen molar-refractivity contribution in [3.05, 3.63) is 23.8 Å². The van der Waals surface area contributed by atoms with E-state index in [-0.39, 0.29) is 5.91 Å². The molecule has 18 heavy (non-hydrogen) atoms. The first-order valence-electron chi connectivity index (χ1n) is 6.23. The molecule has 0 atom stereocenters. The fraction of sp³-hybridized carbons (Fsp3) is 0.462. The Kier molecular flexibility index (Phi) is 4.63. The molecule has 3 N–H and O–H groups in total. The summed E-state index contributed by atoms with van der Waals surface area (Å²) >= 11 is 1.61. The van der Waals surface area contributed by atoms with Crippen molar-refractivity contribution in [1.82, 2.24) is 5.32 Å². The van der Waals surface area contributed by atoms with Crippen molar-refractivity contribution in [2.75, 3.05) is 30.3 Å². The minimum atomic E-state index is 0.180. The lowest BCUT2D eigenvalue weighted by atomic mass is 10.2. The van der Waals surface area contributed by atoms with Crippen molar-refractivity contribution in [2.45, 2.75) is 18.4 Å². The van der Waals surface area contributed by atoms with Gasteiger partial charge < -0.3 is 16.0 Å². The van der Waals surface area contributed by atoms with E-state index in [4.69, 9.17) is 5.73 Å². The second-order valence-corrected chi connectivity index (χ2v) is 5.21. The molecule has 0 unspecified atom stereocenters. The number of carbonyl (C=O) groups is 1. The van der Waals surface area contributed by atoms with E-state index in [2.05, 4.69) is 18.3 Å². The molecule has 5 heteroatoms. The highest BCUT2D eigenvalue weighted by Crippen LogP contribution is 2.35. The van der Waals surface area contributed by atoms with Crippen molar-refractivity contribution < 1.29 is 4.79 Å². The van der Waals surface area contributed by atoms with E-state index >= 15 is 0 Å². The zero-order chi connectivity index (χ0) is 13.0. The lowest BCUT2D eigenvalue weighted by Crippen LogP contribution is -2.40. The zero-order valence-electron chi connectivity index (χ0n) is 10.6. The molecule has 0 saturated carbocycles. The van der Waals surface area contributed by atoms with Crippen molar-refractivity contribution in [1.29, 1.82) is 0 Å². The molecule has 4 nitrogen and oxygen atoms in total. The SMILES string of the molecule is CCNCCN1C(=O)CSc2ccc(CN)cc21. The lowest BCUT2D eigenvalue weighted by molar-refractivity contribution is -0.116. The standard InChI is InChI=1S/C13H19N3OS/c1-2-15-5-6-16-11-7-10(8-14)3-4-12(11)18-9-13(16)17/h3-4,7,15H,2,5-6,8-9,14H2,1H3. The fourth-order valence-electron chi connectivity index (χ4n) is 1.99. The van der Waals surface area contributed by atoms with Gasteiger partial charge in [-0.05, 0) is 24.2 Å². The number of hydrogen-bond donors (Lipinski definition) is 2. The molecule has 0 fully saturated rings. The molecule has 1 aromatic rings. The third kappa shape index (κ3) is 2.85. The Morgan fingerprint density at radius 3 is 3.06 bits per heavy atom. The number of carbonyl (C=O) groups excluding carboxylic acids is 1. The van der Waals surface area contributed by atoms with Crippen LogP contribution < -0.4 is 16.0 Å². The Balaban J connectivity index is 2.21. The average molecular weight is 265 g/mol. The largest absolute Gasteiger partial charge is 0.326 e. The molecule has 0 bridgehead atoms. The van der Waals surface area contributed by atoms with Gasteiger partial charge in [0.1, 0.15) is 0 Å². The number of likely N-dealkylation sites (N-methyl/N-ethyl adjacent to an activating group) is 1. The number of hydrogen-bond acceptors (Lipinski definition) is 4. The normalized spacial score (nSPS) is 14.8. The second-order valence-electron chi connectivity index (χ2n) is 4.19. The van der Waals surface area contributed by atoms with E-state index < -0.39 is 0 Å².